The van der Waals surface area contributed by atoms with Crippen molar-refractivity contribution in [2.75, 3.05) is 11.4 Å². The van der Waals surface area contributed by atoms with Crippen LogP contribution < -0.4 is 4.90 Å². The van der Waals surface area contributed by atoms with Gasteiger partial charge in [-0.05, 0) is 54.1 Å². The van der Waals surface area contributed by atoms with E-state index in [1.807, 2.05) is 0 Å². The van der Waals surface area contributed by atoms with Crippen molar-refractivity contribution < 1.29 is 40.3 Å². The molecule has 0 fully saturated rings. The maximum absolute atomic E-state index is 13.5. The van der Waals surface area contributed by atoms with E-state index in [1.54, 1.807) is 0 Å². The highest BCUT2D eigenvalue weighted by Crippen LogP contribution is 2.34. The van der Waals surface area contributed by atoms with E-state index < -0.39 is 47.2 Å². The van der Waals surface area contributed by atoms with Crippen LogP contribution in [-0.4, -0.2) is 34.2 Å². The van der Waals surface area contributed by atoms with Crippen LogP contribution in [0, 0.1) is 5.82 Å². The lowest BCUT2D eigenvalue weighted by Crippen LogP contribution is -2.43. The Morgan fingerprint density at radius 1 is 0.868 bits per heavy atom. The lowest BCUT2D eigenvalue weighted by molar-refractivity contribution is -0.138. The van der Waals surface area contributed by atoms with E-state index in [4.69, 9.17) is 0 Å². The first-order valence-electron chi connectivity index (χ1n) is 10.9. The second-order valence-electron chi connectivity index (χ2n) is 8.28. The predicted octanol–water partition coefficient (Wildman–Crippen LogP) is 6.23. The van der Waals surface area contributed by atoms with E-state index in [0.717, 1.165) is 48.3 Å². The summed E-state index contributed by atoms with van der Waals surface area (Å²) >= 11 is 0. The zero-order valence-electron chi connectivity index (χ0n) is 19.4. The summed E-state index contributed by atoms with van der Waals surface area (Å²) < 4.78 is 91.4. The monoisotopic (exact) mass is 538 g/mol. The molecule has 1 atom stereocenters. The van der Waals surface area contributed by atoms with Gasteiger partial charge in [0.1, 0.15) is 5.82 Å². The molecule has 2 heterocycles. The van der Waals surface area contributed by atoms with Crippen LogP contribution in [0.2, 0.25) is 0 Å². The Morgan fingerprint density at radius 2 is 1.45 bits per heavy atom. The first-order chi connectivity index (χ1) is 17.8. The Bertz CT molecular complexity index is 1370. The van der Waals surface area contributed by atoms with Crippen molar-refractivity contribution in [2.24, 2.45) is 5.10 Å². The van der Waals surface area contributed by atoms with Crippen LogP contribution in [0.25, 0.3) is 0 Å². The molecule has 198 valence electrons. The molecular weight excluding hydrogens is 521 g/mol. The number of imide groups is 1. The molecule has 1 aliphatic rings. The number of pyridine rings is 1. The van der Waals surface area contributed by atoms with Crippen LogP contribution in [0.15, 0.2) is 72.0 Å². The van der Waals surface area contributed by atoms with E-state index in [9.17, 15) is 40.3 Å². The van der Waals surface area contributed by atoms with Crippen molar-refractivity contribution in [1.29, 1.82) is 0 Å². The van der Waals surface area contributed by atoms with E-state index in [0.29, 0.717) is 28.8 Å². The molecule has 0 spiro atoms. The van der Waals surface area contributed by atoms with Crippen LogP contribution in [0.5, 0.6) is 0 Å². The zero-order valence-corrected chi connectivity index (χ0v) is 19.4. The average Bonchev–Trinajstić information content (AvgIpc) is 3.29. The number of amides is 3. The van der Waals surface area contributed by atoms with Gasteiger partial charge in [-0.3, -0.25) is 9.78 Å². The lowest BCUT2D eigenvalue weighted by Gasteiger charge is -2.24. The maximum atomic E-state index is 13.5. The molecule has 0 N–H and O–H groups in total. The topological polar surface area (TPSA) is 65.9 Å². The summed E-state index contributed by atoms with van der Waals surface area (Å²) in [6.07, 6.45) is -8.62. The third-order valence-electron chi connectivity index (χ3n) is 5.70. The summed E-state index contributed by atoms with van der Waals surface area (Å²) in [5.41, 5.74) is -1.48. The fourth-order valence-corrected chi connectivity index (χ4v) is 3.85. The second-order valence-corrected chi connectivity index (χ2v) is 8.28. The Hall–Kier alpha value is -4.29. The highest BCUT2D eigenvalue weighted by atomic mass is 19.4. The number of halogens is 7. The summed E-state index contributed by atoms with van der Waals surface area (Å²) in [7, 11) is 0. The van der Waals surface area contributed by atoms with Gasteiger partial charge in [-0.25, -0.2) is 19.1 Å². The Labute approximate surface area is 211 Å². The molecule has 0 radical (unpaired) electrons. The van der Waals surface area contributed by atoms with E-state index >= 15 is 0 Å². The molecule has 38 heavy (non-hydrogen) atoms. The second kappa shape index (κ2) is 9.88. The molecule has 0 aliphatic carbocycles. The minimum absolute atomic E-state index is 0.125. The molecule has 3 aromatic rings. The van der Waals surface area contributed by atoms with Gasteiger partial charge in [0.15, 0.2) is 0 Å². The minimum Gasteiger partial charge on any atom is -0.274 e. The molecule has 0 saturated heterocycles. The number of rotatable bonds is 3. The molecule has 1 aliphatic heterocycles. The number of hydrogen-bond donors (Lipinski definition) is 0. The summed E-state index contributed by atoms with van der Waals surface area (Å²) in [4.78, 5) is 30.2. The Kier molecular flexibility index (Phi) is 6.96. The molecule has 6 nitrogen and oxygen atoms in total. The van der Waals surface area contributed by atoms with Crippen molar-refractivity contribution >= 4 is 23.3 Å². The fraction of sp³-hybridized carbons (Fsp3) is 0.200. The number of aromatic nitrogens is 1. The quantitative estimate of drug-likeness (QED) is 0.371. The van der Waals surface area contributed by atoms with Crippen LogP contribution in [0.1, 0.15) is 35.2 Å². The normalized spacial score (nSPS) is 15.8. The number of carbonyl (C=O) groups is 2. The van der Waals surface area contributed by atoms with Crippen LogP contribution in [0.3, 0.4) is 0 Å². The first-order valence-corrected chi connectivity index (χ1v) is 10.9. The molecular formula is C25H17F7N4O2. The largest absolute Gasteiger partial charge is 0.417 e. The van der Waals surface area contributed by atoms with Crippen molar-refractivity contribution in [1.82, 2.24) is 9.99 Å². The number of urea groups is 1. The number of hydrazone groups is 1. The van der Waals surface area contributed by atoms with Crippen molar-refractivity contribution in [2.45, 2.75) is 25.2 Å². The van der Waals surface area contributed by atoms with Gasteiger partial charge in [0.25, 0.3) is 0 Å². The van der Waals surface area contributed by atoms with Crippen molar-refractivity contribution in [3.05, 3.63) is 95.1 Å². The zero-order chi connectivity index (χ0) is 27.8. The average molecular weight is 538 g/mol. The molecule has 0 bridgehead atoms. The van der Waals surface area contributed by atoms with Gasteiger partial charge in [0.05, 0.1) is 40.7 Å². The number of benzene rings is 2. The van der Waals surface area contributed by atoms with Gasteiger partial charge in [-0.1, -0.05) is 12.1 Å². The number of alkyl halides is 6. The van der Waals surface area contributed by atoms with Gasteiger partial charge >= 0.3 is 18.4 Å². The first kappa shape index (κ1) is 26.8. The highest BCUT2D eigenvalue weighted by Gasteiger charge is 2.38. The molecule has 1 aromatic heterocycles. The number of hydrogen-bond acceptors (Lipinski definition) is 4. The van der Waals surface area contributed by atoms with Crippen LogP contribution in [0.4, 0.5) is 41.2 Å². The maximum Gasteiger partial charge on any atom is 0.417 e. The third kappa shape index (κ3) is 5.50. The van der Waals surface area contributed by atoms with Gasteiger partial charge in [-0.2, -0.15) is 31.4 Å². The molecule has 4 rings (SSSR count). The van der Waals surface area contributed by atoms with Crippen molar-refractivity contribution in [3.8, 4) is 0 Å². The Balaban J connectivity index is 1.70. The van der Waals surface area contributed by atoms with Crippen LogP contribution in [-0.2, 0) is 17.1 Å². The SMILES string of the molecule is CC(=O)N(C(=O)N1CC(c2ccc(C(F)(F)F)cn2)C(c2ccc(F)cc2)=N1)c1ccc(C(F)(F)F)cc1. The van der Waals surface area contributed by atoms with Gasteiger partial charge in [-0.15, -0.1) is 0 Å². The molecule has 1 unspecified atom stereocenters. The van der Waals surface area contributed by atoms with Gasteiger partial charge in [0, 0.05) is 13.1 Å². The predicted molar refractivity (Wildman–Crippen MR) is 122 cm³/mol. The Morgan fingerprint density at radius 3 is 1.95 bits per heavy atom. The summed E-state index contributed by atoms with van der Waals surface area (Å²) in [6.45, 7) is 0.777. The smallest absolute Gasteiger partial charge is 0.274 e. The van der Waals surface area contributed by atoms with E-state index in [1.165, 1.54) is 12.1 Å². The van der Waals surface area contributed by atoms with Crippen LogP contribution >= 0.6 is 0 Å². The van der Waals surface area contributed by atoms with E-state index in [-0.39, 0.29) is 23.6 Å². The number of anilines is 1. The molecule has 13 heteroatoms. The standard InChI is InChI=1S/C25H17F7N4O2/c1-14(37)36(19-9-4-16(5-10-19)24(27,28)29)23(38)35-13-20(21-11-6-17(12-33-21)25(30,31)32)22(34-35)15-2-7-18(26)8-3-15/h2-12,20H,13H2,1H3. The lowest BCUT2D eigenvalue weighted by atomic mass is 9.94. The fourth-order valence-electron chi connectivity index (χ4n) is 3.85. The third-order valence-corrected chi connectivity index (χ3v) is 5.70. The number of nitrogens with zero attached hydrogens (tertiary/aromatic N) is 4. The van der Waals surface area contributed by atoms with E-state index in [2.05, 4.69) is 10.1 Å². The molecule has 3 amide bonds. The number of carbonyl (C=O) groups excluding carboxylic acids is 2. The molecule has 0 saturated carbocycles. The molecule has 2 aromatic carbocycles. The highest BCUT2D eigenvalue weighted by molar-refractivity contribution is 6.15. The minimum atomic E-state index is -4.63. The summed E-state index contributed by atoms with van der Waals surface area (Å²) in [6, 6.07) is 9.25. The van der Waals surface area contributed by atoms with Gasteiger partial charge < -0.3 is 0 Å². The van der Waals surface area contributed by atoms with Gasteiger partial charge in [0.2, 0.25) is 5.91 Å². The summed E-state index contributed by atoms with van der Waals surface area (Å²) in [5.74, 6) is -2.23. The van der Waals surface area contributed by atoms with Crippen molar-refractivity contribution in [3.63, 3.8) is 0 Å². The summed E-state index contributed by atoms with van der Waals surface area (Å²) in [5, 5.41) is 5.11.